The van der Waals surface area contributed by atoms with E-state index in [1.807, 2.05) is 0 Å². The fourth-order valence-corrected chi connectivity index (χ4v) is 5.02. The van der Waals surface area contributed by atoms with Crippen LogP contribution >= 0.6 is 0 Å². The second-order valence-electron chi connectivity index (χ2n) is 9.48. The Morgan fingerprint density at radius 3 is 1.35 bits per heavy atom. The molecule has 0 saturated heterocycles. The molecule has 40 heavy (non-hydrogen) atoms. The SMILES string of the molecule is O=C([O-])CN(CCN(CC(=O)[O-])C(Cc1c[nH]c2ccccc12)C(=O)[O-])C(Cc1c[nH]c2ccccc12)C(=O)[O-]. The first-order valence-electron chi connectivity index (χ1n) is 12.5. The zero-order chi connectivity index (χ0) is 28.8. The monoisotopic (exact) mass is 546 g/mol. The molecule has 0 fully saturated rings. The number of carboxylic acids is 4. The van der Waals surface area contributed by atoms with E-state index in [0.717, 1.165) is 31.6 Å². The Balaban J connectivity index is 1.58. The van der Waals surface area contributed by atoms with E-state index in [0.29, 0.717) is 11.1 Å². The first kappa shape index (κ1) is 28.3. The van der Waals surface area contributed by atoms with Gasteiger partial charge >= 0.3 is 0 Å². The molecular formula is C28H26N4O8-4. The van der Waals surface area contributed by atoms with E-state index < -0.39 is 49.1 Å². The van der Waals surface area contributed by atoms with Crippen LogP contribution in [0.2, 0.25) is 0 Å². The molecule has 0 saturated carbocycles. The van der Waals surface area contributed by atoms with Gasteiger partial charge in [-0.05, 0) is 36.1 Å². The van der Waals surface area contributed by atoms with Crippen LogP contribution in [0.3, 0.4) is 0 Å². The minimum atomic E-state index is -1.56. The van der Waals surface area contributed by atoms with Crippen LogP contribution in [0, 0.1) is 0 Å². The number of fused-ring (bicyclic) bond motifs is 2. The van der Waals surface area contributed by atoms with E-state index >= 15 is 0 Å². The number of nitrogens with one attached hydrogen (secondary N) is 2. The quantitative estimate of drug-likeness (QED) is 0.153. The van der Waals surface area contributed by atoms with Crippen molar-refractivity contribution in [2.45, 2.75) is 24.9 Å². The van der Waals surface area contributed by atoms with E-state index in [1.165, 1.54) is 0 Å². The average Bonchev–Trinajstić information content (AvgIpc) is 3.51. The van der Waals surface area contributed by atoms with E-state index in [4.69, 9.17) is 0 Å². The predicted molar refractivity (Wildman–Crippen MR) is 135 cm³/mol. The lowest BCUT2D eigenvalue weighted by molar-refractivity contribution is -0.318. The number of aliphatic carboxylic acids is 4. The lowest BCUT2D eigenvalue weighted by Gasteiger charge is -2.37. The summed E-state index contributed by atoms with van der Waals surface area (Å²) in [4.78, 5) is 55.7. The third kappa shape index (κ3) is 6.65. The normalized spacial score (nSPS) is 13.2. The van der Waals surface area contributed by atoms with Crippen molar-refractivity contribution < 1.29 is 39.6 Å². The maximum atomic E-state index is 12.2. The third-order valence-electron chi connectivity index (χ3n) is 6.94. The Morgan fingerprint density at radius 2 is 1.00 bits per heavy atom. The molecule has 2 atom stereocenters. The van der Waals surface area contributed by atoms with Gasteiger partial charge < -0.3 is 49.6 Å². The molecule has 12 heteroatoms. The molecule has 0 amide bonds. The van der Waals surface area contributed by atoms with Crippen molar-refractivity contribution in [3.05, 3.63) is 72.1 Å². The number of rotatable bonds is 15. The van der Waals surface area contributed by atoms with E-state index in [9.17, 15) is 39.6 Å². The first-order valence-corrected chi connectivity index (χ1v) is 12.5. The molecule has 2 N–H and O–H groups in total. The van der Waals surface area contributed by atoms with Crippen molar-refractivity contribution in [1.82, 2.24) is 19.8 Å². The molecule has 0 aliphatic carbocycles. The molecule has 12 nitrogen and oxygen atoms in total. The highest BCUT2D eigenvalue weighted by Gasteiger charge is 2.26. The van der Waals surface area contributed by atoms with Gasteiger partial charge in [-0.3, -0.25) is 9.80 Å². The topological polar surface area (TPSA) is 199 Å². The van der Waals surface area contributed by atoms with Crippen LogP contribution in [-0.2, 0) is 32.0 Å². The Hall–Kier alpha value is -4.68. The number of carbonyl (C=O) groups is 4. The zero-order valence-electron chi connectivity index (χ0n) is 21.3. The number of aromatic amines is 2. The summed E-state index contributed by atoms with van der Waals surface area (Å²) in [5, 5.41) is 49.0. The van der Waals surface area contributed by atoms with E-state index in [-0.39, 0.29) is 25.9 Å². The van der Waals surface area contributed by atoms with Crippen molar-refractivity contribution in [2.24, 2.45) is 0 Å². The third-order valence-corrected chi connectivity index (χ3v) is 6.94. The highest BCUT2D eigenvalue weighted by molar-refractivity contribution is 5.85. The Bertz CT molecular complexity index is 1410. The van der Waals surface area contributed by atoms with Gasteiger partial charge in [-0.15, -0.1) is 0 Å². The molecule has 2 unspecified atom stereocenters. The minimum absolute atomic E-state index is 0.126. The zero-order valence-corrected chi connectivity index (χ0v) is 21.3. The number of H-pyrrole nitrogens is 2. The van der Waals surface area contributed by atoms with Crippen molar-refractivity contribution in [3.63, 3.8) is 0 Å². The van der Waals surface area contributed by atoms with Gasteiger partial charge in [0.15, 0.2) is 0 Å². The number of para-hydroxylation sites is 2. The summed E-state index contributed by atoms with van der Waals surface area (Å²) in [6.07, 6.45) is 2.99. The average molecular weight is 547 g/mol. The standard InChI is InChI=1S/C28H30N4O8/c33-25(34)15-31(23(27(37)38)11-17-13-29-21-7-3-1-5-19(17)21)9-10-32(16-26(35)36)24(28(39)40)12-18-14-30-22-8-4-2-6-20(18)22/h1-8,13-14,23-24,29-30H,9-12,15-16H2,(H,33,34)(H,35,36)(H,37,38)(H,39,40)/p-4. The summed E-state index contributed by atoms with van der Waals surface area (Å²) in [7, 11) is 0. The maximum Gasteiger partial charge on any atom is 0.0590 e. The van der Waals surface area contributed by atoms with Crippen LogP contribution in [0.5, 0.6) is 0 Å². The highest BCUT2D eigenvalue weighted by Crippen LogP contribution is 2.22. The first-order chi connectivity index (χ1) is 19.1. The van der Waals surface area contributed by atoms with Crippen LogP contribution in [0.25, 0.3) is 21.8 Å². The van der Waals surface area contributed by atoms with Gasteiger partial charge in [-0.25, -0.2) is 0 Å². The fraction of sp³-hybridized carbons (Fsp3) is 0.286. The molecular weight excluding hydrogens is 520 g/mol. The van der Waals surface area contributed by atoms with Gasteiger partial charge in [0.2, 0.25) is 0 Å². The highest BCUT2D eigenvalue weighted by atomic mass is 16.4. The molecule has 0 aliphatic heterocycles. The summed E-state index contributed by atoms with van der Waals surface area (Å²) in [5.74, 6) is -6.22. The van der Waals surface area contributed by atoms with Gasteiger partial charge in [0.25, 0.3) is 0 Å². The molecule has 2 aromatic carbocycles. The van der Waals surface area contributed by atoms with Crippen molar-refractivity contribution >= 4 is 45.7 Å². The van der Waals surface area contributed by atoms with Gasteiger partial charge in [-0.1, -0.05) is 36.4 Å². The van der Waals surface area contributed by atoms with Gasteiger partial charge in [-0.2, -0.15) is 0 Å². The molecule has 0 aliphatic rings. The number of carbonyl (C=O) groups excluding carboxylic acids is 4. The number of nitrogens with zero attached hydrogens (tertiary/aromatic N) is 2. The summed E-state index contributed by atoms with van der Waals surface area (Å²) in [6.45, 7) is -2.25. The largest absolute Gasteiger partial charge is 0.549 e. The van der Waals surface area contributed by atoms with Crippen molar-refractivity contribution in [3.8, 4) is 0 Å². The molecule has 4 rings (SSSR count). The number of carboxylic acid groups (broad SMARTS) is 4. The van der Waals surface area contributed by atoms with Crippen LogP contribution < -0.4 is 20.4 Å². The Morgan fingerprint density at radius 1 is 0.625 bits per heavy atom. The van der Waals surface area contributed by atoms with Crippen molar-refractivity contribution in [1.29, 1.82) is 0 Å². The number of benzene rings is 2. The van der Waals surface area contributed by atoms with E-state index in [1.54, 1.807) is 60.9 Å². The van der Waals surface area contributed by atoms with Gasteiger partial charge in [0.1, 0.15) is 0 Å². The van der Waals surface area contributed by atoms with Crippen LogP contribution in [0.4, 0.5) is 0 Å². The molecule has 2 aromatic heterocycles. The molecule has 4 aromatic rings. The number of aromatic nitrogens is 2. The van der Waals surface area contributed by atoms with Gasteiger partial charge in [0.05, 0.1) is 36.0 Å². The molecule has 2 heterocycles. The van der Waals surface area contributed by atoms with E-state index in [2.05, 4.69) is 9.97 Å². The second kappa shape index (κ2) is 12.5. The molecule has 0 bridgehead atoms. The number of hydrogen-bond donors (Lipinski definition) is 2. The summed E-state index contributed by atoms with van der Waals surface area (Å²) in [5.41, 5.74) is 2.73. The van der Waals surface area contributed by atoms with Crippen molar-refractivity contribution in [2.75, 3.05) is 26.2 Å². The Labute approximate surface area is 228 Å². The Kier molecular flexibility index (Phi) is 8.82. The molecule has 210 valence electrons. The summed E-state index contributed by atoms with van der Waals surface area (Å²) < 4.78 is 0. The predicted octanol–water partition coefficient (Wildman–Crippen LogP) is -3.22. The summed E-state index contributed by atoms with van der Waals surface area (Å²) >= 11 is 0. The molecule has 0 radical (unpaired) electrons. The lowest BCUT2D eigenvalue weighted by Crippen LogP contribution is -2.57. The maximum absolute atomic E-state index is 12.2. The molecule has 0 spiro atoms. The second-order valence-corrected chi connectivity index (χ2v) is 9.48. The summed E-state index contributed by atoms with van der Waals surface area (Å²) in [6, 6.07) is 11.5. The smallest absolute Gasteiger partial charge is 0.0590 e. The van der Waals surface area contributed by atoms with Crippen LogP contribution in [-0.4, -0.2) is 81.9 Å². The minimum Gasteiger partial charge on any atom is -0.549 e. The fourth-order valence-electron chi connectivity index (χ4n) is 5.02. The number of hydrogen-bond acceptors (Lipinski definition) is 10. The van der Waals surface area contributed by atoms with Gasteiger partial charge in [0, 0.05) is 60.4 Å². The van der Waals surface area contributed by atoms with Crippen LogP contribution in [0.15, 0.2) is 60.9 Å². The lowest BCUT2D eigenvalue weighted by atomic mass is 10.0. The van der Waals surface area contributed by atoms with Crippen LogP contribution in [0.1, 0.15) is 11.1 Å².